The lowest BCUT2D eigenvalue weighted by atomic mass is 10.1. The van der Waals surface area contributed by atoms with Crippen LogP contribution in [0, 0.1) is 5.82 Å². The van der Waals surface area contributed by atoms with Crippen molar-refractivity contribution in [2.75, 3.05) is 6.54 Å². The first-order chi connectivity index (χ1) is 16.6. The molecule has 1 fully saturated rings. The van der Waals surface area contributed by atoms with Gasteiger partial charge in [0.25, 0.3) is 5.91 Å². The van der Waals surface area contributed by atoms with Crippen LogP contribution in [0.3, 0.4) is 0 Å². The number of amides is 1. The highest BCUT2D eigenvalue weighted by Crippen LogP contribution is 2.34. The van der Waals surface area contributed by atoms with E-state index in [2.05, 4.69) is 17.6 Å². The maximum Gasteiger partial charge on any atom is 0.266 e. The molecule has 0 unspecified atom stereocenters. The van der Waals surface area contributed by atoms with Crippen molar-refractivity contribution < 1.29 is 9.18 Å². The lowest BCUT2D eigenvalue weighted by Gasteiger charge is -2.13. The van der Waals surface area contributed by atoms with Gasteiger partial charge >= 0.3 is 0 Å². The fourth-order valence-corrected chi connectivity index (χ4v) is 5.08. The van der Waals surface area contributed by atoms with Crippen LogP contribution < -0.4 is 0 Å². The summed E-state index contributed by atoms with van der Waals surface area (Å²) >= 11 is 1.42. The van der Waals surface area contributed by atoms with Crippen molar-refractivity contribution in [3.8, 4) is 0 Å². The molecule has 6 heteroatoms. The highest BCUT2D eigenvalue weighted by atomic mass is 32.2. The van der Waals surface area contributed by atoms with E-state index in [4.69, 9.17) is 4.99 Å². The number of fused-ring (bicyclic) bond motifs is 1. The molecular formula is C28H24FN3OS. The van der Waals surface area contributed by atoms with Gasteiger partial charge in [-0.2, -0.15) is 0 Å². The van der Waals surface area contributed by atoms with Gasteiger partial charge in [-0.3, -0.25) is 9.69 Å². The molecule has 4 nitrogen and oxygen atoms in total. The van der Waals surface area contributed by atoms with E-state index >= 15 is 0 Å². The van der Waals surface area contributed by atoms with Gasteiger partial charge in [0.15, 0.2) is 5.17 Å². The van der Waals surface area contributed by atoms with Gasteiger partial charge in [0.1, 0.15) is 5.82 Å². The maximum absolute atomic E-state index is 13.6. The molecule has 0 N–H and O–H groups in total. The number of nitrogens with zero attached hydrogens (tertiary/aromatic N) is 3. The number of aliphatic imine (C=N–C) groups is 1. The molecule has 3 aromatic carbocycles. The average Bonchev–Trinajstić information content (AvgIpc) is 3.36. The highest BCUT2D eigenvalue weighted by Gasteiger charge is 2.32. The number of carbonyl (C=O) groups is 1. The van der Waals surface area contributed by atoms with Gasteiger partial charge < -0.3 is 4.57 Å². The number of amidine groups is 1. The van der Waals surface area contributed by atoms with E-state index in [1.54, 1.807) is 17.0 Å². The zero-order valence-corrected chi connectivity index (χ0v) is 19.6. The van der Waals surface area contributed by atoms with E-state index < -0.39 is 0 Å². The lowest BCUT2D eigenvalue weighted by molar-refractivity contribution is -0.122. The summed E-state index contributed by atoms with van der Waals surface area (Å²) < 4.78 is 15.7. The summed E-state index contributed by atoms with van der Waals surface area (Å²) in [5.74, 6) is -0.237. The topological polar surface area (TPSA) is 37.6 Å². The largest absolute Gasteiger partial charge is 0.343 e. The van der Waals surface area contributed by atoms with Crippen molar-refractivity contribution in [1.82, 2.24) is 9.47 Å². The number of para-hydroxylation sites is 1. The highest BCUT2D eigenvalue weighted by molar-refractivity contribution is 8.18. The Morgan fingerprint density at radius 3 is 2.65 bits per heavy atom. The van der Waals surface area contributed by atoms with Crippen molar-refractivity contribution in [2.24, 2.45) is 4.99 Å². The molecular weight excluding hydrogens is 445 g/mol. The third-order valence-electron chi connectivity index (χ3n) is 5.65. The monoisotopic (exact) mass is 469 g/mol. The van der Waals surface area contributed by atoms with Crippen molar-refractivity contribution >= 4 is 45.5 Å². The van der Waals surface area contributed by atoms with Crippen LogP contribution in [0.5, 0.6) is 0 Å². The molecule has 2 heterocycles. The van der Waals surface area contributed by atoms with Gasteiger partial charge in [0, 0.05) is 30.2 Å². The summed E-state index contributed by atoms with van der Waals surface area (Å²) in [6.07, 6.45) is 4.81. The molecule has 0 bridgehead atoms. The van der Waals surface area contributed by atoms with Gasteiger partial charge in [-0.1, -0.05) is 43.3 Å². The Labute approximate surface area is 202 Å². The molecule has 1 amide bonds. The summed E-state index contributed by atoms with van der Waals surface area (Å²) in [5, 5.41) is 1.79. The molecule has 170 valence electrons. The first-order valence-corrected chi connectivity index (χ1v) is 12.1. The summed E-state index contributed by atoms with van der Waals surface area (Å²) in [7, 11) is 0. The molecule has 1 aliphatic rings. The number of aromatic nitrogens is 1. The summed E-state index contributed by atoms with van der Waals surface area (Å²) in [4.78, 5) is 20.3. The minimum absolute atomic E-state index is 0.00898. The summed E-state index contributed by atoms with van der Waals surface area (Å²) in [6.45, 7) is 3.29. The molecule has 0 radical (unpaired) electrons. The number of halogens is 1. The normalized spacial score (nSPS) is 16.3. The van der Waals surface area contributed by atoms with E-state index in [-0.39, 0.29) is 11.7 Å². The first-order valence-electron chi connectivity index (χ1n) is 11.3. The van der Waals surface area contributed by atoms with Gasteiger partial charge in [-0.15, -0.1) is 0 Å². The van der Waals surface area contributed by atoms with E-state index in [1.165, 1.54) is 17.8 Å². The van der Waals surface area contributed by atoms with E-state index in [1.807, 2.05) is 66.9 Å². The zero-order valence-electron chi connectivity index (χ0n) is 18.8. The van der Waals surface area contributed by atoms with Crippen LogP contribution in [0.25, 0.3) is 17.0 Å². The number of hydrogen-bond donors (Lipinski definition) is 0. The Bertz CT molecular complexity index is 1410. The van der Waals surface area contributed by atoms with Crippen LogP contribution in [0.15, 0.2) is 95.0 Å². The second-order valence-electron chi connectivity index (χ2n) is 8.19. The Morgan fingerprint density at radius 1 is 1.00 bits per heavy atom. The Morgan fingerprint density at radius 2 is 1.85 bits per heavy atom. The van der Waals surface area contributed by atoms with Crippen LogP contribution in [0.2, 0.25) is 0 Å². The van der Waals surface area contributed by atoms with Crippen molar-refractivity contribution in [3.05, 3.63) is 107 Å². The predicted octanol–water partition coefficient (Wildman–Crippen LogP) is 6.84. The number of thioether (sulfide) groups is 1. The van der Waals surface area contributed by atoms with Gasteiger partial charge in [-0.05, 0) is 77.9 Å². The Balaban J connectivity index is 1.42. The molecule has 4 aromatic rings. The van der Waals surface area contributed by atoms with Crippen LogP contribution in [0.1, 0.15) is 24.5 Å². The number of rotatable bonds is 6. The second kappa shape index (κ2) is 9.69. The maximum atomic E-state index is 13.6. The molecule has 34 heavy (non-hydrogen) atoms. The molecule has 0 spiro atoms. The lowest BCUT2D eigenvalue weighted by Crippen LogP contribution is -2.29. The molecule has 0 aliphatic carbocycles. The van der Waals surface area contributed by atoms with Gasteiger partial charge in [0.2, 0.25) is 0 Å². The van der Waals surface area contributed by atoms with Crippen LogP contribution in [0.4, 0.5) is 10.1 Å². The standard InChI is InChI=1S/C28H24FN3OS/c1-2-14-32-27(33)26(34-28(32)30-24-9-4-3-5-10-24)18-20-11-12-25-22(16-20)13-15-31(25)19-21-7-6-8-23(29)17-21/h3-13,15-18H,2,14,19H2,1H3/b26-18+,30-28?. The Kier molecular flexibility index (Phi) is 6.32. The quantitative estimate of drug-likeness (QED) is 0.290. The van der Waals surface area contributed by atoms with E-state index in [9.17, 15) is 9.18 Å². The van der Waals surface area contributed by atoms with Gasteiger partial charge in [-0.25, -0.2) is 9.38 Å². The first kappa shape index (κ1) is 22.2. The SMILES string of the molecule is CCCN1C(=O)/C(=C\c2ccc3c(ccn3Cc3cccc(F)c3)c2)SC1=Nc1ccccc1. The fraction of sp³-hybridized carbons (Fsp3) is 0.143. The zero-order chi connectivity index (χ0) is 23.5. The van der Waals surface area contributed by atoms with Crippen molar-refractivity contribution in [3.63, 3.8) is 0 Å². The second-order valence-corrected chi connectivity index (χ2v) is 9.20. The number of hydrogen-bond acceptors (Lipinski definition) is 3. The minimum Gasteiger partial charge on any atom is -0.343 e. The number of carbonyl (C=O) groups excluding carboxylic acids is 1. The summed E-state index contributed by atoms with van der Waals surface area (Å²) in [5.41, 5.74) is 3.78. The predicted molar refractivity (Wildman–Crippen MR) is 139 cm³/mol. The fourth-order valence-electron chi connectivity index (χ4n) is 4.05. The van der Waals surface area contributed by atoms with Gasteiger partial charge in [0.05, 0.1) is 10.6 Å². The smallest absolute Gasteiger partial charge is 0.266 e. The van der Waals surface area contributed by atoms with Crippen molar-refractivity contribution in [2.45, 2.75) is 19.9 Å². The molecule has 5 rings (SSSR count). The molecule has 0 saturated carbocycles. The third-order valence-corrected chi connectivity index (χ3v) is 6.66. The van der Waals surface area contributed by atoms with Crippen LogP contribution in [-0.4, -0.2) is 27.1 Å². The molecule has 0 atom stereocenters. The molecule has 1 aliphatic heterocycles. The minimum atomic E-state index is -0.228. The summed E-state index contributed by atoms with van der Waals surface area (Å²) in [6, 6.07) is 24.6. The molecule has 1 saturated heterocycles. The van der Waals surface area contributed by atoms with Crippen LogP contribution in [-0.2, 0) is 11.3 Å². The third kappa shape index (κ3) is 4.68. The molecule has 1 aromatic heterocycles. The Hall–Kier alpha value is -3.64. The van der Waals surface area contributed by atoms with Crippen LogP contribution >= 0.6 is 11.8 Å². The number of benzene rings is 3. The average molecular weight is 470 g/mol. The van der Waals surface area contributed by atoms with E-state index in [0.29, 0.717) is 23.2 Å². The van der Waals surface area contributed by atoms with Crippen molar-refractivity contribution in [1.29, 1.82) is 0 Å². The van der Waals surface area contributed by atoms with E-state index in [0.717, 1.165) is 34.1 Å².